The summed E-state index contributed by atoms with van der Waals surface area (Å²) in [5, 5.41) is 0. The van der Waals surface area contributed by atoms with Crippen molar-refractivity contribution >= 4 is 5.69 Å². The van der Waals surface area contributed by atoms with Gasteiger partial charge in [0, 0.05) is 12.1 Å². The first-order chi connectivity index (χ1) is 9.50. The first-order valence-electron chi connectivity index (χ1n) is 7.54. The van der Waals surface area contributed by atoms with Crippen LogP contribution in [0.15, 0.2) is 30.3 Å². The van der Waals surface area contributed by atoms with Crippen molar-refractivity contribution in [2.75, 3.05) is 5.73 Å². The van der Waals surface area contributed by atoms with Crippen LogP contribution in [-0.4, -0.2) is 0 Å². The SMILES string of the molecule is CC(C)c1cc2c(c(N)c1C(C)C)Cc1ccccc1-2. The third kappa shape index (κ3) is 1.84. The Labute approximate surface area is 121 Å². The number of hydrogen-bond donors (Lipinski definition) is 1. The fourth-order valence-electron chi connectivity index (χ4n) is 3.46. The standard InChI is InChI=1S/C19H23N/c1-11(2)15-10-16-14-8-6-5-7-13(14)9-17(16)19(20)18(15)12(3)4/h5-8,10-12H,9,20H2,1-4H3. The molecule has 0 aliphatic heterocycles. The summed E-state index contributed by atoms with van der Waals surface area (Å²) in [6.45, 7) is 9.00. The van der Waals surface area contributed by atoms with Crippen molar-refractivity contribution in [1.29, 1.82) is 0 Å². The van der Waals surface area contributed by atoms with Crippen LogP contribution in [0, 0.1) is 0 Å². The van der Waals surface area contributed by atoms with Gasteiger partial charge in [0.05, 0.1) is 0 Å². The third-order valence-corrected chi connectivity index (χ3v) is 4.43. The van der Waals surface area contributed by atoms with Crippen LogP contribution >= 0.6 is 0 Å². The highest BCUT2D eigenvalue weighted by Gasteiger charge is 2.25. The predicted molar refractivity (Wildman–Crippen MR) is 87.3 cm³/mol. The molecule has 0 amide bonds. The molecule has 1 aliphatic rings. The Bertz CT molecular complexity index is 666. The molecule has 0 atom stereocenters. The van der Waals surface area contributed by atoms with Crippen LogP contribution in [0.3, 0.4) is 0 Å². The lowest BCUT2D eigenvalue weighted by Crippen LogP contribution is -2.07. The molecular weight excluding hydrogens is 242 g/mol. The summed E-state index contributed by atoms with van der Waals surface area (Å²) < 4.78 is 0. The summed E-state index contributed by atoms with van der Waals surface area (Å²) >= 11 is 0. The molecule has 0 saturated heterocycles. The van der Waals surface area contributed by atoms with E-state index in [0.29, 0.717) is 11.8 Å². The summed E-state index contributed by atoms with van der Waals surface area (Å²) in [6, 6.07) is 11.1. The number of hydrogen-bond acceptors (Lipinski definition) is 1. The normalized spacial score (nSPS) is 12.9. The number of anilines is 1. The van der Waals surface area contributed by atoms with Gasteiger partial charge in [-0.3, -0.25) is 0 Å². The quantitative estimate of drug-likeness (QED) is 0.642. The van der Waals surface area contributed by atoms with Crippen molar-refractivity contribution in [3.05, 3.63) is 52.6 Å². The Morgan fingerprint density at radius 3 is 2.30 bits per heavy atom. The molecule has 2 N–H and O–H groups in total. The second-order valence-corrected chi connectivity index (χ2v) is 6.46. The molecule has 1 heteroatoms. The highest BCUT2D eigenvalue weighted by molar-refractivity contribution is 5.84. The van der Waals surface area contributed by atoms with Gasteiger partial charge in [0.2, 0.25) is 0 Å². The maximum atomic E-state index is 6.55. The van der Waals surface area contributed by atoms with E-state index >= 15 is 0 Å². The van der Waals surface area contributed by atoms with Crippen LogP contribution in [-0.2, 0) is 6.42 Å². The Hall–Kier alpha value is -1.76. The van der Waals surface area contributed by atoms with Crippen LogP contribution in [0.25, 0.3) is 11.1 Å². The average Bonchev–Trinajstić information content (AvgIpc) is 2.77. The zero-order chi connectivity index (χ0) is 14.4. The highest BCUT2D eigenvalue weighted by atomic mass is 14.6. The largest absolute Gasteiger partial charge is 0.398 e. The molecule has 2 aromatic carbocycles. The molecule has 0 bridgehead atoms. The molecule has 104 valence electrons. The van der Waals surface area contributed by atoms with Crippen LogP contribution in [0.5, 0.6) is 0 Å². The minimum atomic E-state index is 0.474. The maximum Gasteiger partial charge on any atom is 0.0394 e. The third-order valence-electron chi connectivity index (χ3n) is 4.43. The van der Waals surface area contributed by atoms with Crippen LogP contribution < -0.4 is 5.73 Å². The molecule has 0 radical (unpaired) electrons. The second-order valence-electron chi connectivity index (χ2n) is 6.46. The van der Waals surface area contributed by atoms with Gasteiger partial charge in [-0.1, -0.05) is 58.0 Å². The summed E-state index contributed by atoms with van der Waals surface area (Å²) in [5.74, 6) is 0.981. The molecule has 20 heavy (non-hydrogen) atoms. The summed E-state index contributed by atoms with van der Waals surface area (Å²) in [4.78, 5) is 0. The molecule has 0 aromatic heterocycles. The lowest BCUT2D eigenvalue weighted by molar-refractivity contribution is 0.792. The van der Waals surface area contributed by atoms with Gasteiger partial charge in [0.15, 0.2) is 0 Å². The lowest BCUT2D eigenvalue weighted by atomic mass is 9.85. The molecular formula is C19H23N. The minimum Gasteiger partial charge on any atom is -0.398 e. The molecule has 0 heterocycles. The van der Waals surface area contributed by atoms with Gasteiger partial charge < -0.3 is 5.73 Å². The van der Waals surface area contributed by atoms with Crippen molar-refractivity contribution in [2.24, 2.45) is 0 Å². The van der Waals surface area contributed by atoms with Gasteiger partial charge in [0.25, 0.3) is 0 Å². The van der Waals surface area contributed by atoms with Gasteiger partial charge in [0.1, 0.15) is 0 Å². The smallest absolute Gasteiger partial charge is 0.0394 e. The van der Waals surface area contributed by atoms with E-state index in [4.69, 9.17) is 5.73 Å². The van der Waals surface area contributed by atoms with Crippen molar-refractivity contribution < 1.29 is 0 Å². The zero-order valence-corrected chi connectivity index (χ0v) is 12.8. The maximum absolute atomic E-state index is 6.55. The Morgan fingerprint density at radius 1 is 0.950 bits per heavy atom. The van der Waals surface area contributed by atoms with E-state index in [9.17, 15) is 0 Å². The van der Waals surface area contributed by atoms with Gasteiger partial charge >= 0.3 is 0 Å². The van der Waals surface area contributed by atoms with Crippen LogP contribution in [0.1, 0.15) is 61.8 Å². The van der Waals surface area contributed by atoms with Crippen molar-refractivity contribution in [2.45, 2.75) is 46.0 Å². The summed E-state index contributed by atoms with van der Waals surface area (Å²) in [5.41, 5.74) is 15.8. The lowest BCUT2D eigenvalue weighted by Gasteiger charge is -2.21. The second kappa shape index (κ2) is 4.66. The number of benzene rings is 2. The first kappa shape index (κ1) is 13.2. The highest BCUT2D eigenvalue weighted by Crippen LogP contribution is 2.45. The molecule has 0 saturated carbocycles. The van der Waals surface area contributed by atoms with Crippen molar-refractivity contribution in [3.63, 3.8) is 0 Å². The molecule has 1 nitrogen and oxygen atoms in total. The van der Waals surface area contributed by atoms with Gasteiger partial charge in [-0.25, -0.2) is 0 Å². The van der Waals surface area contributed by atoms with E-state index < -0.39 is 0 Å². The van der Waals surface area contributed by atoms with Gasteiger partial charge in [-0.05, 0) is 45.2 Å². The van der Waals surface area contributed by atoms with Gasteiger partial charge in [-0.15, -0.1) is 0 Å². The minimum absolute atomic E-state index is 0.474. The van der Waals surface area contributed by atoms with Crippen LogP contribution in [0.2, 0.25) is 0 Å². The molecule has 0 unspecified atom stereocenters. The number of fused-ring (bicyclic) bond motifs is 3. The fraction of sp³-hybridized carbons (Fsp3) is 0.368. The zero-order valence-electron chi connectivity index (χ0n) is 12.8. The Balaban J connectivity index is 2.30. The van der Waals surface area contributed by atoms with E-state index in [1.54, 1.807) is 0 Å². The Kier molecular flexibility index (Phi) is 3.08. The first-order valence-corrected chi connectivity index (χ1v) is 7.54. The Morgan fingerprint density at radius 2 is 1.65 bits per heavy atom. The summed E-state index contributed by atoms with van der Waals surface area (Å²) in [7, 11) is 0. The molecule has 1 aliphatic carbocycles. The van der Waals surface area contributed by atoms with E-state index in [0.717, 1.165) is 12.1 Å². The molecule has 0 fully saturated rings. The molecule has 2 aromatic rings. The average molecular weight is 265 g/mol. The van der Waals surface area contributed by atoms with E-state index in [-0.39, 0.29) is 0 Å². The van der Waals surface area contributed by atoms with Crippen molar-refractivity contribution in [1.82, 2.24) is 0 Å². The van der Waals surface area contributed by atoms with E-state index in [2.05, 4.69) is 58.0 Å². The number of nitrogen functional groups attached to an aromatic ring is 1. The predicted octanol–water partition coefficient (Wildman–Crippen LogP) is 5.09. The van der Waals surface area contributed by atoms with Crippen LogP contribution in [0.4, 0.5) is 5.69 Å². The molecule has 3 rings (SSSR count). The topological polar surface area (TPSA) is 26.0 Å². The monoisotopic (exact) mass is 265 g/mol. The number of nitrogens with two attached hydrogens (primary N) is 1. The molecule has 0 spiro atoms. The van der Waals surface area contributed by atoms with Crippen molar-refractivity contribution in [3.8, 4) is 11.1 Å². The van der Waals surface area contributed by atoms with E-state index in [1.807, 2.05) is 0 Å². The fourth-order valence-corrected chi connectivity index (χ4v) is 3.46. The van der Waals surface area contributed by atoms with Gasteiger partial charge in [-0.2, -0.15) is 0 Å². The van der Waals surface area contributed by atoms with E-state index in [1.165, 1.54) is 33.4 Å². The summed E-state index contributed by atoms with van der Waals surface area (Å²) in [6.07, 6.45) is 0.982. The number of rotatable bonds is 2.